The van der Waals surface area contributed by atoms with Crippen LogP contribution in [0.25, 0.3) is 10.9 Å². The lowest BCUT2D eigenvalue weighted by molar-refractivity contribution is 0.177. The first-order chi connectivity index (χ1) is 9.05. The molecule has 0 amide bonds. The predicted molar refractivity (Wildman–Crippen MR) is 80.3 cm³/mol. The maximum Gasteiger partial charge on any atom is 0.0881 e. The van der Waals surface area contributed by atoms with Crippen LogP contribution in [0.4, 0.5) is 5.69 Å². The van der Waals surface area contributed by atoms with Gasteiger partial charge in [-0.3, -0.25) is 5.10 Å². The van der Waals surface area contributed by atoms with E-state index in [2.05, 4.69) is 54.5 Å². The Bertz CT molecular complexity index is 570. The highest BCUT2D eigenvalue weighted by molar-refractivity contribution is 5.90. The summed E-state index contributed by atoms with van der Waals surface area (Å²) >= 11 is 0. The van der Waals surface area contributed by atoms with Crippen LogP contribution in [0, 0.1) is 11.3 Å². The van der Waals surface area contributed by atoms with Gasteiger partial charge in [0.05, 0.1) is 17.4 Å². The van der Waals surface area contributed by atoms with Gasteiger partial charge in [0.15, 0.2) is 0 Å². The topological polar surface area (TPSA) is 40.7 Å². The maximum absolute atomic E-state index is 4.13. The van der Waals surface area contributed by atoms with E-state index in [1.807, 2.05) is 6.20 Å². The lowest BCUT2D eigenvalue weighted by Gasteiger charge is -2.40. The summed E-state index contributed by atoms with van der Waals surface area (Å²) in [7, 11) is 0. The van der Waals surface area contributed by atoms with Crippen LogP contribution in [0.3, 0.4) is 0 Å². The molecule has 0 radical (unpaired) electrons. The minimum absolute atomic E-state index is 0.498. The van der Waals surface area contributed by atoms with E-state index in [0.717, 1.165) is 5.52 Å². The van der Waals surface area contributed by atoms with Gasteiger partial charge in [-0.2, -0.15) is 5.10 Å². The van der Waals surface area contributed by atoms with Crippen molar-refractivity contribution in [3.63, 3.8) is 0 Å². The van der Waals surface area contributed by atoms with E-state index in [-0.39, 0.29) is 0 Å². The smallest absolute Gasteiger partial charge is 0.0881 e. The van der Waals surface area contributed by atoms with Gasteiger partial charge in [0.2, 0.25) is 0 Å². The van der Waals surface area contributed by atoms with Crippen LogP contribution >= 0.6 is 0 Å². The van der Waals surface area contributed by atoms with E-state index in [9.17, 15) is 0 Å². The average Bonchev–Trinajstić information content (AvgIpc) is 2.81. The molecule has 0 bridgehead atoms. The van der Waals surface area contributed by atoms with Gasteiger partial charge in [0.1, 0.15) is 0 Å². The van der Waals surface area contributed by atoms with Crippen LogP contribution in [0.2, 0.25) is 0 Å². The molecule has 1 aromatic heterocycles. The Kier molecular flexibility index (Phi) is 3.00. The number of fused-ring (bicyclic) bond motifs is 1. The highest BCUT2D eigenvalue weighted by Crippen LogP contribution is 2.39. The minimum Gasteiger partial charge on any atom is -0.380 e. The number of aromatic nitrogens is 2. The summed E-state index contributed by atoms with van der Waals surface area (Å²) < 4.78 is 0. The molecule has 3 heteroatoms. The summed E-state index contributed by atoms with van der Waals surface area (Å²) in [5.41, 5.74) is 2.81. The number of nitrogens with one attached hydrogen (secondary N) is 2. The second kappa shape index (κ2) is 4.55. The Hall–Kier alpha value is -1.51. The number of hydrogen-bond acceptors (Lipinski definition) is 2. The van der Waals surface area contributed by atoms with Crippen LogP contribution in [0.1, 0.15) is 40.0 Å². The second-order valence-electron chi connectivity index (χ2n) is 6.77. The summed E-state index contributed by atoms with van der Waals surface area (Å²) in [5.74, 6) is 0.710. The highest BCUT2D eigenvalue weighted by atomic mass is 15.1. The SMILES string of the molecule is CC1CC(C)(C)CCC1Nc1cccc2cn[nH]c12. The van der Waals surface area contributed by atoms with Crippen molar-refractivity contribution < 1.29 is 0 Å². The largest absolute Gasteiger partial charge is 0.380 e. The third-order valence-electron chi connectivity index (χ3n) is 4.51. The molecule has 1 saturated carbocycles. The molecule has 1 aliphatic carbocycles. The predicted octanol–water partition coefficient (Wildman–Crippen LogP) is 4.19. The van der Waals surface area contributed by atoms with E-state index < -0.39 is 0 Å². The molecule has 1 aliphatic rings. The Labute approximate surface area is 114 Å². The Balaban J connectivity index is 1.80. The molecule has 2 unspecified atom stereocenters. The average molecular weight is 257 g/mol. The summed E-state index contributed by atoms with van der Waals surface area (Å²) in [4.78, 5) is 0. The number of hydrogen-bond donors (Lipinski definition) is 2. The summed E-state index contributed by atoms with van der Waals surface area (Å²) in [6.07, 6.45) is 5.73. The molecule has 2 aromatic rings. The van der Waals surface area contributed by atoms with E-state index in [4.69, 9.17) is 0 Å². The van der Waals surface area contributed by atoms with Crippen molar-refractivity contribution in [2.45, 2.75) is 46.1 Å². The highest BCUT2D eigenvalue weighted by Gasteiger charge is 2.32. The number of anilines is 1. The van der Waals surface area contributed by atoms with Gasteiger partial charge in [-0.15, -0.1) is 0 Å². The van der Waals surface area contributed by atoms with Crippen molar-refractivity contribution in [3.8, 4) is 0 Å². The standard InChI is InChI=1S/C16H23N3/c1-11-9-16(2,3)8-7-13(11)18-14-6-4-5-12-10-17-19-15(12)14/h4-6,10-11,13,18H,7-9H2,1-3H3,(H,17,19). The molecular formula is C16H23N3. The molecule has 1 heterocycles. The van der Waals surface area contributed by atoms with E-state index >= 15 is 0 Å². The van der Waals surface area contributed by atoms with Crippen molar-refractivity contribution >= 4 is 16.6 Å². The first-order valence-corrected chi connectivity index (χ1v) is 7.24. The first-order valence-electron chi connectivity index (χ1n) is 7.24. The monoisotopic (exact) mass is 257 g/mol. The molecule has 3 nitrogen and oxygen atoms in total. The van der Waals surface area contributed by atoms with Crippen LogP contribution in [0.5, 0.6) is 0 Å². The molecule has 2 N–H and O–H groups in total. The molecular weight excluding hydrogens is 234 g/mol. The molecule has 1 fully saturated rings. The van der Waals surface area contributed by atoms with Crippen LogP contribution < -0.4 is 5.32 Å². The minimum atomic E-state index is 0.498. The van der Waals surface area contributed by atoms with E-state index in [1.54, 1.807) is 0 Å². The molecule has 1 aromatic carbocycles. The quantitative estimate of drug-likeness (QED) is 0.847. The molecule has 2 atom stereocenters. The van der Waals surface area contributed by atoms with Gasteiger partial charge >= 0.3 is 0 Å². The molecule has 3 rings (SSSR count). The fraction of sp³-hybridized carbons (Fsp3) is 0.562. The molecule has 0 aliphatic heterocycles. The lowest BCUT2D eigenvalue weighted by Crippen LogP contribution is -2.36. The maximum atomic E-state index is 4.13. The first kappa shape index (κ1) is 12.5. The number of H-pyrrole nitrogens is 1. The van der Waals surface area contributed by atoms with Crippen molar-refractivity contribution in [2.75, 3.05) is 5.32 Å². The van der Waals surface area contributed by atoms with Crippen molar-refractivity contribution in [3.05, 3.63) is 24.4 Å². The number of benzene rings is 1. The van der Waals surface area contributed by atoms with Gasteiger partial charge in [-0.1, -0.05) is 32.9 Å². The zero-order valence-corrected chi connectivity index (χ0v) is 12.0. The third-order valence-corrected chi connectivity index (χ3v) is 4.51. The zero-order valence-electron chi connectivity index (χ0n) is 12.0. The Morgan fingerprint density at radius 1 is 1.37 bits per heavy atom. The second-order valence-corrected chi connectivity index (χ2v) is 6.77. The molecule has 0 spiro atoms. The summed E-state index contributed by atoms with van der Waals surface area (Å²) in [6, 6.07) is 6.91. The lowest BCUT2D eigenvalue weighted by atomic mass is 9.70. The number of nitrogens with zero attached hydrogens (tertiary/aromatic N) is 1. The van der Waals surface area contributed by atoms with Crippen molar-refractivity contribution in [1.82, 2.24) is 10.2 Å². The number of para-hydroxylation sites is 1. The fourth-order valence-electron chi connectivity index (χ4n) is 3.45. The van der Waals surface area contributed by atoms with Crippen LogP contribution in [-0.4, -0.2) is 16.2 Å². The Morgan fingerprint density at radius 2 is 2.21 bits per heavy atom. The van der Waals surface area contributed by atoms with Crippen molar-refractivity contribution in [2.24, 2.45) is 11.3 Å². The van der Waals surface area contributed by atoms with Gasteiger partial charge in [-0.25, -0.2) is 0 Å². The molecule has 0 saturated heterocycles. The zero-order chi connectivity index (χ0) is 13.5. The van der Waals surface area contributed by atoms with E-state index in [0.29, 0.717) is 17.4 Å². The number of aromatic amines is 1. The van der Waals surface area contributed by atoms with E-state index in [1.165, 1.54) is 30.3 Å². The summed E-state index contributed by atoms with van der Waals surface area (Å²) in [5, 5.41) is 12.1. The normalized spacial score (nSPS) is 26.5. The van der Waals surface area contributed by atoms with Crippen LogP contribution in [-0.2, 0) is 0 Å². The van der Waals surface area contributed by atoms with Gasteiger partial charge < -0.3 is 5.32 Å². The third kappa shape index (κ3) is 2.46. The van der Waals surface area contributed by atoms with Gasteiger partial charge in [0.25, 0.3) is 0 Å². The van der Waals surface area contributed by atoms with Gasteiger partial charge in [-0.05, 0) is 36.7 Å². The van der Waals surface area contributed by atoms with Gasteiger partial charge in [0, 0.05) is 11.4 Å². The summed E-state index contributed by atoms with van der Waals surface area (Å²) in [6.45, 7) is 7.14. The fourth-order valence-corrected chi connectivity index (χ4v) is 3.45. The molecule has 102 valence electrons. The number of rotatable bonds is 2. The molecule has 19 heavy (non-hydrogen) atoms. The van der Waals surface area contributed by atoms with Crippen molar-refractivity contribution in [1.29, 1.82) is 0 Å². The Morgan fingerprint density at radius 3 is 3.00 bits per heavy atom. The van der Waals surface area contributed by atoms with Crippen LogP contribution in [0.15, 0.2) is 24.4 Å².